The Morgan fingerprint density at radius 3 is 2.39 bits per heavy atom. The molecule has 0 bridgehead atoms. The summed E-state index contributed by atoms with van der Waals surface area (Å²) in [5.74, 6) is -3.73. The lowest BCUT2D eigenvalue weighted by atomic mass is 9.96. The van der Waals surface area contributed by atoms with Crippen LogP contribution in [0.3, 0.4) is 0 Å². The maximum atomic E-state index is 12.5. The number of carbonyl (C=O) groups is 5. The summed E-state index contributed by atoms with van der Waals surface area (Å²) >= 11 is 0.984. The van der Waals surface area contributed by atoms with Crippen LogP contribution in [0.5, 0.6) is 0 Å². The lowest BCUT2D eigenvalue weighted by Crippen LogP contribution is -2.62. The van der Waals surface area contributed by atoms with Gasteiger partial charge >= 0.3 is 11.9 Å². The van der Waals surface area contributed by atoms with Crippen molar-refractivity contribution < 1.29 is 33.1 Å². The molecule has 1 heterocycles. The van der Waals surface area contributed by atoms with E-state index in [9.17, 15) is 24.0 Å². The van der Waals surface area contributed by atoms with E-state index >= 15 is 0 Å². The number of carbonyl (C=O) groups excluding carboxylic acids is 5. The molecule has 33 heavy (non-hydrogen) atoms. The Morgan fingerprint density at radius 2 is 1.88 bits per heavy atom. The molecule has 0 aromatic heterocycles. The summed E-state index contributed by atoms with van der Waals surface area (Å²) in [6.07, 6.45) is 0.958. The molecule has 1 fully saturated rings. The third-order valence-electron chi connectivity index (χ3n) is 5.55. The third kappa shape index (κ3) is 8.68. The smallest absolute Gasteiger partial charge is 0.397 e. The molecule has 1 aliphatic rings. The van der Waals surface area contributed by atoms with E-state index in [1.54, 1.807) is 0 Å². The highest BCUT2D eigenvalue weighted by Gasteiger charge is 2.48. The number of thioether (sulfide) groups is 1. The van der Waals surface area contributed by atoms with Crippen LogP contribution < -0.4 is 10.6 Å². The Labute approximate surface area is 200 Å². The zero-order valence-corrected chi connectivity index (χ0v) is 22.2. The first kappa shape index (κ1) is 29.0. The van der Waals surface area contributed by atoms with Gasteiger partial charge in [0.05, 0.1) is 30.5 Å². The molecule has 0 unspecified atom stereocenters. The average molecular weight is 502 g/mol. The zero-order chi connectivity index (χ0) is 25.6. The first-order valence-electron chi connectivity index (χ1n) is 10.6. The van der Waals surface area contributed by atoms with E-state index < -0.39 is 37.4 Å². The molecule has 2 N–H and O–H groups in total. The predicted octanol–water partition coefficient (Wildman–Crippen LogP) is 1.03. The number of nitrogens with zero attached hydrogens (tertiary/aromatic N) is 1. The topological polar surface area (TPSA) is 131 Å². The summed E-state index contributed by atoms with van der Waals surface area (Å²) < 4.78 is 10.9. The molecule has 0 spiro atoms. The van der Waals surface area contributed by atoms with Gasteiger partial charge in [-0.25, -0.2) is 4.79 Å². The average Bonchev–Trinajstić information content (AvgIpc) is 2.63. The second-order valence-electron chi connectivity index (χ2n) is 9.46. The van der Waals surface area contributed by atoms with E-state index in [1.165, 1.54) is 18.0 Å². The second kappa shape index (κ2) is 11.9. The van der Waals surface area contributed by atoms with Crippen LogP contribution in [0.25, 0.3) is 0 Å². The van der Waals surface area contributed by atoms with Crippen molar-refractivity contribution in [3.63, 3.8) is 0 Å². The van der Waals surface area contributed by atoms with E-state index in [4.69, 9.17) is 4.43 Å². The van der Waals surface area contributed by atoms with Crippen LogP contribution in [0.2, 0.25) is 18.1 Å². The first-order valence-corrected chi connectivity index (χ1v) is 14.4. The van der Waals surface area contributed by atoms with Gasteiger partial charge in [-0.1, -0.05) is 45.2 Å². The quantitative estimate of drug-likeness (QED) is 0.148. The Morgan fingerprint density at radius 1 is 1.27 bits per heavy atom. The van der Waals surface area contributed by atoms with Crippen molar-refractivity contribution in [1.82, 2.24) is 15.5 Å². The second-order valence-corrected chi connectivity index (χ2v) is 15.4. The molecule has 1 rings (SSSR count). The summed E-state index contributed by atoms with van der Waals surface area (Å²) in [6, 6.07) is 0. The number of hydrogen-bond acceptors (Lipinski definition) is 9. The molecular weight excluding hydrogens is 466 g/mol. The first-order chi connectivity index (χ1) is 15.1. The molecule has 0 radical (unpaired) electrons. The molecule has 3 atom stereocenters. The summed E-state index contributed by atoms with van der Waals surface area (Å²) in [4.78, 5) is 60.9. The van der Waals surface area contributed by atoms with Gasteiger partial charge in [-0.05, 0) is 32.1 Å². The molecule has 10 nitrogen and oxygen atoms in total. The maximum absolute atomic E-state index is 12.5. The number of β-lactam (4-membered cyclic amide) rings is 1. The van der Waals surface area contributed by atoms with Crippen LogP contribution >= 0.6 is 11.8 Å². The van der Waals surface area contributed by atoms with Gasteiger partial charge in [0.25, 0.3) is 0 Å². The molecule has 12 heteroatoms. The van der Waals surface area contributed by atoms with Gasteiger partial charge in [-0.3, -0.25) is 29.4 Å². The van der Waals surface area contributed by atoms with Crippen molar-refractivity contribution in [2.75, 3.05) is 26.7 Å². The molecule has 1 saturated heterocycles. The highest BCUT2D eigenvalue weighted by molar-refractivity contribution is 8.14. The Balaban J connectivity index is 2.53. The maximum Gasteiger partial charge on any atom is 0.397 e. The highest BCUT2D eigenvalue weighted by Crippen LogP contribution is 2.40. The summed E-state index contributed by atoms with van der Waals surface area (Å²) in [5, 5.41) is 3.97. The Bertz CT molecular complexity index is 797. The number of hydrogen-bond donors (Lipinski definition) is 2. The molecule has 3 amide bonds. The molecule has 0 aromatic carbocycles. The number of esters is 1. The number of nitrogens with one attached hydrogen (secondary N) is 2. The van der Waals surface area contributed by atoms with Gasteiger partial charge in [0.2, 0.25) is 16.9 Å². The largest absolute Gasteiger partial charge is 0.454 e. The van der Waals surface area contributed by atoms with Crippen molar-refractivity contribution in [3.8, 4) is 0 Å². The van der Waals surface area contributed by atoms with Crippen molar-refractivity contribution in [1.29, 1.82) is 0 Å². The van der Waals surface area contributed by atoms with Gasteiger partial charge in [0.15, 0.2) is 8.32 Å². The zero-order valence-electron chi connectivity index (χ0n) is 20.4. The number of amides is 3. The molecule has 0 aliphatic carbocycles. The monoisotopic (exact) mass is 501 g/mol. The standard InChI is InChI=1S/C21H35N3O7SSi/c1-9-10-30-20(29)18(28)22-14(25)11-24(6)12-15(26)32-19-16(17(27)23-19)13(2)31-33(7,8)21(3,4)5/h9,13,16,19H,1,10-12H2,2-8H3,(H,23,27)(H,22,25,28)/t13-,16+,19-/m1/s1. The van der Waals surface area contributed by atoms with Gasteiger partial charge < -0.3 is 14.5 Å². The van der Waals surface area contributed by atoms with E-state index in [1.807, 2.05) is 12.2 Å². The van der Waals surface area contributed by atoms with E-state index in [2.05, 4.69) is 50.5 Å². The van der Waals surface area contributed by atoms with E-state index in [-0.39, 0.29) is 41.9 Å². The van der Waals surface area contributed by atoms with Crippen LogP contribution in [0, 0.1) is 5.92 Å². The fourth-order valence-corrected chi connectivity index (χ4v) is 5.44. The molecular formula is C21H35N3O7SSi. The van der Waals surface area contributed by atoms with E-state index in [0.29, 0.717) is 0 Å². The van der Waals surface area contributed by atoms with Crippen molar-refractivity contribution in [2.45, 2.75) is 57.3 Å². The van der Waals surface area contributed by atoms with Crippen LogP contribution in [-0.2, 0) is 33.1 Å². The van der Waals surface area contributed by atoms with Crippen molar-refractivity contribution >= 4 is 48.9 Å². The third-order valence-corrected chi connectivity index (χ3v) is 11.2. The van der Waals surface area contributed by atoms with Crippen molar-refractivity contribution in [2.24, 2.45) is 5.92 Å². The SMILES string of the molecule is C=CCOC(=O)C(=O)NC(=O)CN(C)CC(=O)S[C@H]1NC(=O)[C@@H]1[C@@H](C)O[Si](C)(C)C(C)(C)C. The number of ether oxygens (including phenoxy) is 1. The summed E-state index contributed by atoms with van der Waals surface area (Å²) in [6.45, 7) is 15.3. The van der Waals surface area contributed by atoms with Gasteiger partial charge in [0.1, 0.15) is 6.61 Å². The number of rotatable bonds is 10. The molecule has 0 saturated carbocycles. The molecule has 1 aliphatic heterocycles. The predicted molar refractivity (Wildman–Crippen MR) is 128 cm³/mol. The Hall–Kier alpha value is -2.02. The fraction of sp³-hybridized carbons (Fsp3) is 0.667. The molecule has 0 aromatic rings. The minimum Gasteiger partial charge on any atom is -0.454 e. The van der Waals surface area contributed by atoms with Gasteiger partial charge in [0, 0.05) is 0 Å². The van der Waals surface area contributed by atoms with Crippen LogP contribution in [0.1, 0.15) is 27.7 Å². The minimum atomic E-state index is -2.08. The highest BCUT2D eigenvalue weighted by atomic mass is 32.2. The van der Waals surface area contributed by atoms with Crippen LogP contribution in [0.4, 0.5) is 0 Å². The van der Waals surface area contributed by atoms with Gasteiger partial charge in [-0.2, -0.15) is 0 Å². The summed E-state index contributed by atoms with van der Waals surface area (Å²) in [7, 11) is -0.552. The normalized spacial score (nSPS) is 19.2. The fourth-order valence-electron chi connectivity index (χ4n) is 2.76. The Kier molecular flexibility index (Phi) is 10.5. The van der Waals surface area contributed by atoms with Crippen molar-refractivity contribution in [3.05, 3.63) is 12.7 Å². The van der Waals surface area contributed by atoms with E-state index in [0.717, 1.165) is 11.8 Å². The molecule has 186 valence electrons. The number of imide groups is 1. The van der Waals surface area contributed by atoms with Gasteiger partial charge in [-0.15, -0.1) is 0 Å². The lowest BCUT2D eigenvalue weighted by Gasteiger charge is -2.44. The van der Waals surface area contributed by atoms with Crippen LogP contribution in [0.15, 0.2) is 12.7 Å². The minimum absolute atomic E-state index is 0.00694. The van der Waals surface area contributed by atoms with Crippen LogP contribution in [-0.4, -0.2) is 80.2 Å². The number of likely N-dealkylation sites (N-methyl/N-ethyl adjacent to an activating group) is 1. The summed E-state index contributed by atoms with van der Waals surface area (Å²) in [5.41, 5.74) is 0. The lowest BCUT2D eigenvalue weighted by molar-refractivity contribution is -0.155.